The lowest BCUT2D eigenvalue weighted by Crippen LogP contribution is -2.10. The second kappa shape index (κ2) is 9.19. The molecule has 0 unspecified atom stereocenters. The average Bonchev–Trinajstić information content (AvgIpc) is 3.25. The van der Waals surface area contributed by atoms with Gasteiger partial charge in [-0.3, -0.25) is 0 Å². The molecule has 2 aromatic heterocycles. The van der Waals surface area contributed by atoms with Crippen LogP contribution in [0.15, 0.2) is 71.1 Å². The predicted octanol–water partition coefficient (Wildman–Crippen LogP) is 5.91. The van der Waals surface area contributed by atoms with Crippen molar-refractivity contribution in [2.45, 2.75) is 17.3 Å². The molecule has 30 heavy (non-hydrogen) atoms. The second-order valence-electron chi connectivity index (χ2n) is 6.55. The number of methoxy groups -OCH3 is 1. The molecule has 0 bridgehead atoms. The van der Waals surface area contributed by atoms with Crippen molar-refractivity contribution in [3.05, 3.63) is 82.7 Å². The third-order valence-corrected chi connectivity index (χ3v) is 6.61. The maximum Gasteiger partial charge on any atom is 0.340 e. The van der Waals surface area contributed by atoms with E-state index in [-0.39, 0.29) is 5.56 Å². The van der Waals surface area contributed by atoms with E-state index in [0.29, 0.717) is 23.0 Å². The van der Waals surface area contributed by atoms with Crippen molar-refractivity contribution in [1.29, 1.82) is 0 Å². The number of para-hydroxylation sites is 1. The zero-order valence-electron chi connectivity index (χ0n) is 16.3. The zero-order chi connectivity index (χ0) is 20.9. The number of rotatable bonds is 8. The van der Waals surface area contributed by atoms with Crippen LogP contribution in [0.25, 0.3) is 10.2 Å². The number of benzene rings is 2. The van der Waals surface area contributed by atoms with Crippen LogP contribution in [0.4, 0.5) is 5.69 Å². The van der Waals surface area contributed by atoms with Gasteiger partial charge in [0.2, 0.25) is 0 Å². The summed E-state index contributed by atoms with van der Waals surface area (Å²) in [5.41, 5.74) is 3.68. The smallest absolute Gasteiger partial charge is 0.340 e. The number of carbonyl (C=O) groups is 1. The molecule has 7 heteroatoms. The fourth-order valence-electron chi connectivity index (χ4n) is 3.19. The molecule has 0 aliphatic rings. The lowest BCUT2D eigenvalue weighted by atomic mass is 10.1. The molecule has 0 spiro atoms. The van der Waals surface area contributed by atoms with Crippen molar-refractivity contribution in [3.63, 3.8) is 0 Å². The van der Waals surface area contributed by atoms with Crippen LogP contribution in [0.1, 0.15) is 21.5 Å². The number of aromatic nitrogens is 1. The van der Waals surface area contributed by atoms with Gasteiger partial charge in [0.15, 0.2) is 0 Å². The molecule has 0 fully saturated rings. The molecular weight excluding hydrogens is 416 g/mol. The molecule has 0 saturated heterocycles. The fourth-order valence-corrected chi connectivity index (χ4v) is 5.05. The average molecular weight is 437 g/mol. The maximum atomic E-state index is 12.2. The number of anilines is 1. The van der Waals surface area contributed by atoms with Crippen LogP contribution in [0.3, 0.4) is 0 Å². The van der Waals surface area contributed by atoms with Gasteiger partial charge in [-0.2, -0.15) is 0 Å². The molecule has 0 radical (unpaired) electrons. The molecule has 0 aliphatic heterocycles. The van der Waals surface area contributed by atoms with Crippen LogP contribution in [0, 0.1) is 0 Å². The van der Waals surface area contributed by atoms with E-state index < -0.39 is 5.97 Å². The number of carboxylic acids is 1. The van der Waals surface area contributed by atoms with E-state index in [0.717, 1.165) is 27.1 Å². The van der Waals surface area contributed by atoms with Crippen molar-refractivity contribution >= 4 is 45.0 Å². The summed E-state index contributed by atoms with van der Waals surface area (Å²) in [6.45, 7) is 0.449. The molecule has 2 aromatic carbocycles. The van der Waals surface area contributed by atoms with E-state index in [1.165, 1.54) is 23.1 Å². The SMILES string of the molecule is COc1ccccc1CNc1c(C(=O)O)c(SCc2ccccc2)nc2ccsc12. The van der Waals surface area contributed by atoms with Crippen LogP contribution < -0.4 is 10.1 Å². The lowest BCUT2D eigenvalue weighted by molar-refractivity contribution is 0.0693. The second-order valence-corrected chi connectivity index (χ2v) is 8.43. The highest BCUT2D eigenvalue weighted by Gasteiger charge is 2.22. The van der Waals surface area contributed by atoms with Gasteiger partial charge in [0, 0.05) is 17.9 Å². The third-order valence-electron chi connectivity index (χ3n) is 4.64. The van der Waals surface area contributed by atoms with Gasteiger partial charge in [0.25, 0.3) is 0 Å². The van der Waals surface area contributed by atoms with Crippen LogP contribution >= 0.6 is 23.1 Å². The Morgan fingerprint density at radius 3 is 2.67 bits per heavy atom. The number of ether oxygens (including phenoxy) is 1. The quantitative estimate of drug-likeness (QED) is 0.335. The first-order valence-corrected chi connectivity index (χ1v) is 11.2. The van der Waals surface area contributed by atoms with Gasteiger partial charge in [-0.15, -0.1) is 23.1 Å². The Bertz CT molecular complexity index is 1180. The Balaban J connectivity index is 1.70. The van der Waals surface area contributed by atoms with Crippen molar-refractivity contribution < 1.29 is 14.6 Å². The van der Waals surface area contributed by atoms with Crippen molar-refractivity contribution in [2.75, 3.05) is 12.4 Å². The minimum Gasteiger partial charge on any atom is -0.496 e. The van der Waals surface area contributed by atoms with Crippen LogP contribution in [0.2, 0.25) is 0 Å². The number of nitrogens with one attached hydrogen (secondary N) is 1. The van der Waals surface area contributed by atoms with E-state index in [9.17, 15) is 9.90 Å². The fraction of sp³-hybridized carbons (Fsp3) is 0.130. The topological polar surface area (TPSA) is 71.5 Å². The minimum atomic E-state index is -0.990. The summed E-state index contributed by atoms with van der Waals surface area (Å²) in [4.78, 5) is 16.9. The van der Waals surface area contributed by atoms with Crippen molar-refractivity contribution in [2.24, 2.45) is 0 Å². The lowest BCUT2D eigenvalue weighted by Gasteiger charge is -2.15. The Morgan fingerprint density at radius 2 is 1.90 bits per heavy atom. The molecule has 0 aliphatic carbocycles. The number of aromatic carboxylic acids is 1. The van der Waals surface area contributed by atoms with Gasteiger partial charge in [0.1, 0.15) is 16.3 Å². The molecule has 4 rings (SSSR count). The van der Waals surface area contributed by atoms with Gasteiger partial charge in [-0.25, -0.2) is 9.78 Å². The van der Waals surface area contributed by atoms with Gasteiger partial charge in [-0.1, -0.05) is 48.5 Å². The number of carboxylic acid groups (broad SMARTS) is 1. The summed E-state index contributed by atoms with van der Waals surface area (Å²) in [5, 5.41) is 15.8. The summed E-state index contributed by atoms with van der Waals surface area (Å²) in [5.74, 6) is 0.420. The highest BCUT2D eigenvalue weighted by molar-refractivity contribution is 7.98. The number of fused-ring (bicyclic) bond motifs is 1. The standard InChI is InChI=1S/C23H20N2O3S2/c1-28-18-10-6-5-9-16(18)13-24-20-19(23(26)27)22(25-17-11-12-29-21(17)20)30-14-15-7-3-2-4-8-15/h2-12H,13-14H2,1H3,(H,24,25)(H,26,27). The molecule has 0 atom stereocenters. The molecular formula is C23H20N2O3S2. The van der Waals surface area contributed by atoms with Crippen LogP contribution in [-0.2, 0) is 12.3 Å². The van der Waals surface area contributed by atoms with Gasteiger partial charge in [0.05, 0.1) is 23.0 Å². The predicted molar refractivity (Wildman–Crippen MR) is 123 cm³/mol. The number of thiophene rings is 1. The molecule has 4 aromatic rings. The van der Waals surface area contributed by atoms with E-state index in [2.05, 4.69) is 10.3 Å². The zero-order valence-corrected chi connectivity index (χ0v) is 17.9. The molecule has 5 nitrogen and oxygen atoms in total. The molecule has 2 heterocycles. The van der Waals surface area contributed by atoms with Crippen molar-refractivity contribution in [3.8, 4) is 5.75 Å². The molecule has 2 N–H and O–H groups in total. The summed E-state index contributed by atoms with van der Waals surface area (Å²) < 4.78 is 6.26. The van der Waals surface area contributed by atoms with E-state index >= 15 is 0 Å². The largest absolute Gasteiger partial charge is 0.496 e. The van der Waals surface area contributed by atoms with Gasteiger partial charge < -0.3 is 15.2 Å². The first-order valence-electron chi connectivity index (χ1n) is 9.34. The Hall–Kier alpha value is -3.03. The third kappa shape index (κ3) is 4.27. The van der Waals surface area contributed by atoms with Gasteiger partial charge in [-0.05, 0) is 23.1 Å². The van der Waals surface area contributed by atoms with Crippen LogP contribution in [-0.4, -0.2) is 23.2 Å². The van der Waals surface area contributed by atoms with Crippen LogP contribution in [0.5, 0.6) is 5.75 Å². The summed E-state index contributed by atoms with van der Waals surface area (Å²) in [6.07, 6.45) is 0. The van der Waals surface area contributed by atoms with Crippen molar-refractivity contribution in [1.82, 2.24) is 4.98 Å². The summed E-state index contributed by atoms with van der Waals surface area (Å²) >= 11 is 2.92. The number of hydrogen-bond acceptors (Lipinski definition) is 6. The maximum absolute atomic E-state index is 12.2. The van der Waals surface area contributed by atoms with E-state index in [1.807, 2.05) is 66.0 Å². The highest BCUT2D eigenvalue weighted by atomic mass is 32.2. The van der Waals surface area contributed by atoms with E-state index in [4.69, 9.17) is 4.74 Å². The Labute approximate surface area is 182 Å². The van der Waals surface area contributed by atoms with Gasteiger partial charge >= 0.3 is 5.97 Å². The highest BCUT2D eigenvalue weighted by Crippen LogP contribution is 2.38. The summed E-state index contributed by atoms with van der Waals surface area (Å²) in [7, 11) is 1.63. The monoisotopic (exact) mass is 436 g/mol. The molecule has 0 amide bonds. The minimum absolute atomic E-state index is 0.209. The number of hydrogen-bond donors (Lipinski definition) is 2. The van der Waals surface area contributed by atoms with E-state index in [1.54, 1.807) is 7.11 Å². The first kappa shape index (κ1) is 20.3. The number of pyridine rings is 1. The molecule has 0 saturated carbocycles. The number of thioether (sulfide) groups is 1. The normalized spacial score (nSPS) is 10.8. The first-order chi connectivity index (χ1) is 14.7. The molecule has 152 valence electrons. The Morgan fingerprint density at radius 1 is 1.13 bits per heavy atom. The Kier molecular flexibility index (Phi) is 6.21. The number of nitrogens with zero attached hydrogens (tertiary/aromatic N) is 1. The summed E-state index contributed by atoms with van der Waals surface area (Å²) in [6, 6.07) is 19.6.